The summed E-state index contributed by atoms with van der Waals surface area (Å²) in [6.45, 7) is 0.762. The van der Waals surface area contributed by atoms with Crippen molar-refractivity contribution in [3.05, 3.63) is 23.2 Å². The molecule has 4 heteroatoms. The predicted molar refractivity (Wildman–Crippen MR) is 63.3 cm³/mol. The summed E-state index contributed by atoms with van der Waals surface area (Å²) in [7, 11) is 0. The number of anilines is 2. The number of nitrogens with two attached hydrogens (primary N) is 1. The number of nitrogen functional groups attached to an aromatic ring is 1. The third-order valence-electron chi connectivity index (χ3n) is 2.67. The van der Waals surface area contributed by atoms with E-state index >= 15 is 0 Å². The quantitative estimate of drug-likeness (QED) is 0.771. The number of rotatable bonds is 4. The van der Waals surface area contributed by atoms with Gasteiger partial charge < -0.3 is 15.7 Å². The Hall–Kier alpha value is -0.930. The van der Waals surface area contributed by atoms with Gasteiger partial charge in [-0.05, 0) is 25.0 Å². The monoisotopic (exact) mass is 226 g/mol. The molecule has 1 aromatic carbocycles. The summed E-state index contributed by atoms with van der Waals surface area (Å²) in [5.74, 6) is 0. The molecule has 1 saturated carbocycles. The molecule has 1 fully saturated rings. The molecule has 0 bridgehead atoms. The van der Waals surface area contributed by atoms with Gasteiger partial charge in [-0.3, -0.25) is 0 Å². The highest BCUT2D eigenvalue weighted by atomic mass is 35.5. The first kappa shape index (κ1) is 10.6. The molecule has 0 aromatic heterocycles. The first-order valence-electron chi connectivity index (χ1n) is 5.15. The summed E-state index contributed by atoms with van der Waals surface area (Å²) < 4.78 is 0. The van der Waals surface area contributed by atoms with Gasteiger partial charge in [-0.15, -0.1) is 0 Å². The second kappa shape index (κ2) is 4.29. The number of benzene rings is 1. The first-order chi connectivity index (χ1) is 7.24. The predicted octanol–water partition coefficient (Wildman–Crippen LogP) is 1.88. The Morgan fingerprint density at radius 3 is 2.80 bits per heavy atom. The van der Waals surface area contributed by atoms with E-state index in [1.54, 1.807) is 6.07 Å². The number of para-hydroxylation sites is 1. The molecule has 0 aliphatic heterocycles. The third-order valence-corrected chi connectivity index (χ3v) is 3.00. The van der Waals surface area contributed by atoms with Gasteiger partial charge in [-0.2, -0.15) is 0 Å². The average molecular weight is 227 g/mol. The summed E-state index contributed by atoms with van der Waals surface area (Å²) >= 11 is 5.97. The van der Waals surface area contributed by atoms with Gasteiger partial charge in [0.1, 0.15) is 0 Å². The molecular weight excluding hydrogens is 212 g/mol. The summed E-state index contributed by atoms with van der Waals surface area (Å²) in [5, 5.41) is 9.60. The van der Waals surface area contributed by atoms with E-state index in [0.29, 0.717) is 23.3 Å². The molecule has 0 spiro atoms. The second-order valence-electron chi connectivity index (χ2n) is 3.82. The standard InChI is InChI=1S/C11H15ClN2O/c12-9-2-1-3-10(11(9)13)14(6-7-15)8-4-5-8/h1-3,8,15H,4-7,13H2. The molecule has 3 nitrogen and oxygen atoms in total. The zero-order chi connectivity index (χ0) is 10.8. The summed E-state index contributed by atoms with van der Waals surface area (Å²) in [4.78, 5) is 2.14. The van der Waals surface area contributed by atoms with Crippen LogP contribution in [0.2, 0.25) is 5.02 Å². The van der Waals surface area contributed by atoms with E-state index in [2.05, 4.69) is 4.90 Å². The van der Waals surface area contributed by atoms with Crippen molar-refractivity contribution in [2.24, 2.45) is 0 Å². The van der Waals surface area contributed by atoms with Crippen LogP contribution in [-0.4, -0.2) is 24.3 Å². The van der Waals surface area contributed by atoms with E-state index in [-0.39, 0.29) is 6.61 Å². The molecule has 2 rings (SSSR count). The van der Waals surface area contributed by atoms with E-state index in [4.69, 9.17) is 22.4 Å². The van der Waals surface area contributed by atoms with Gasteiger partial charge in [0.05, 0.1) is 23.0 Å². The highest BCUT2D eigenvalue weighted by Crippen LogP contribution is 2.37. The van der Waals surface area contributed by atoms with Gasteiger partial charge in [-0.25, -0.2) is 0 Å². The van der Waals surface area contributed by atoms with E-state index in [1.165, 1.54) is 12.8 Å². The van der Waals surface area contributed by atoms with E-state index < -0.39 is 0 Å². The number of halogens is 1. The largest absolute Gasteiger partial charge is 0.396 e. The molecule has 0 amide bonds. The maximum Gasteiger partial charge on any atom is 0.0741 e. The number of aliphatic hydroxyl groups excluding tert-OH is 1. The zero-order valence-corrected chi connectivity index (χ0v) is 9.24. The van der Waals surface area contributed by atoms with Crippen LogP contribution < -0.4 is 10.6 Å². The Bertz CT molecular complexity index is 352. The van der Waals surface area contributed by atoms with Crippen molar-refractivity contribution in [3.63, 3.8) is 0 Å². The minimum atomic E-state index is 0.141. The SMILES string of the molecule is Nc1c(Cl)cccc1N(CCO)C1CC1. The highest BCUT2D eigenvalue weighted by molar-refractivity contribution is 6.33. The fourth-order valence-electron chi connectivity index (χ4n) is 1.77. The van der Waals surface area contributed by atoms with Gasteiger partial charge in [0.25, 0.3) is 0 Å². The lowest BCUT2D eigenvalue weighted by Gasteiger charge is -2.25. The van der Waals surface area contributed by atoms with Crippen molar-refractivity contribution in [2.45, 2.75) is 18.9 Å². The number of nitrogens with zero attached hydrogens (tertiary/aromatic N) is 1. The first-order valence-corrected chi connectivity index (χ1v) is 5.53. The highest BCUT2D eigenvalue weighted by Gasteiger charge is 2.29. The maximum absolute atomic E-state index is 9.02. The Morgan fingerprint density at radius 1 is 1.47 bits per heavy atom. The minimum absolute atomic E-state index is 0.141. The third kappa shape index (κ3) is 2.19. The van der Waals surface area contributed by atoms with Crippen molar-refractivity contribution in [2.75, 3.05) is 23.8 Å². The Kier molecular flexibility index (Phi) is 3.03. The van der Waals surface area contributed by atoms with Gasteiger partial charge in [0.2, 0.25) is 0 Å². The van der Waals surface area contributed by atoms with Gasteiger partial charge in [-0.1, -0.05) is 17.7 Å². The summed E-state index contributed by atoms with van der Waals surface area (Å²) in [6.07, 6.45) is 2.35. The topological polar surface area (TPSA) is 49.5 Å². The van der Waals surface area contributed by atoms with E-state index in [9.17, 15) is 0 Å². The molecule has 1 aromatic rings. The second-order valence-corrected chi connectivity index (χ2v) is 4.23. The molecule has 0 heterocycles. The van der Waals surface area contributed by atoms with Crippen LogP contribution in [0.5, 0.6) is 0 Å². The van der Waals surface area contributed by atoms with Crippen LogP contribution in [0.25, 0.3) is 0 Å². The molecule has 0 unspecified atom stereocenters. The number of hydrogen-bond acceptors (Lipinski definition) is 3. The zero-order valence-electron chi connectivity index (χ0n) is 8.49. The van der Waals surface area contributed by atoms with E-state index in [0.717, 1.165) is 5.69 Å². The average Bonchev–Trinajstić information content (AvgIpc) is 3.03. The summed E-state index contributed by atoms with van der Waals surface area (Å²) in [5.41, 5.74) is 7.48. The van der Waals surface area contributed by atoms with Crippen LogP contribution in [-0.2, 0) is 0 Å². The normalized spacial score (nSPS) is 15.3. The van der Waals surface area contributed by atoms with Crippen LogP contribution >= 0.6 is 11.6 Å². The fraction of sp³-hybridized carbons (Fsp3) is 0.455. The van der Waals surface area contributed by atoms with Crippen molar-refractivity contribution >= 4 is 23.0 Å². The molecule has 1 aliphatic carbocycles. The van der Waals surface area contributed by atoms with E-state index in [1.807, 2.05) is 12.1 Å². The van der Waals surface area contributed by atoms with Crippen LogP contribution in [0.15, 0.2) is 18.2 Å². The van der Waals surface area contributed by atoms with Crippen LogP contribution in [0.3, 0.4) is 0 Å². The van der Waals surface area contributed by atoms with Crippen molar-refractivity contribution < 1.29 is 5.11 Å². The Morgan fingerprint density at radius 2 is 2.20 bits per heavy atom. The van der Waals surface area contributed by atoms with Crippen molar-refractivity contribution in [3.8, 4) is 0 Å². The smallest absolute Gasteiger partial charge is 0.0741 e. The van der Waals surface area contributed by atoms with Crippen molar-refractivity contribution in [1.82, 2.24) is 0 Å². The van der Waals surface area contributed by atoms with Crippen LogP contribution in [0, 0.1) is 0 Å². The van der Waals surface area contributed by atoms with Crippen LogP contribution in [0.1, 0.15) is 12.8 Å². The lowest BCUT2D eigenvalue weighted by molar-refractivity contribution is 0.301. The minimum Gasteiger partial charge on any atom is -0.396 e. The summed E-state index contributed by atoms with van der Waals surface area (Å²) in [6, 6.07) is 6.15. The van der Waals surface area contributed by atoms with Crippen molar-refractivity contribution in [1.29, 1.82) is 0 Å². The molecule has 0 atom stereocenters. The fourth-order valence-corrected chi connectivity index (χ4v) is 1.94. The van der Waals surface area contributed by atoms with Gasteiger partial charge in [0.15, 0.2) is 0 Å². The Labute approximate surface area is 94.4 Å². The van der Waals surface area contributed by atoms with Gasteiger partial charge >= 0.3 is 0 Å². The molecule has 1 aliphatic rings. The molecule has 82 valence electrons. The lowest BCUT2D eigenvalue weighted by Crippen LogP contribution is -2.29. The molecule has 3 N–H and O–H groups in total. The number of aliphatic hydroxyl groups is 1. The van der Waals surface area contributed by atoms with Gasteiger partial charge in [0, 0.05) is 12.6 Å². The molecular formula is C11H15ClN2O. The van der Waals surface area contributed by atoms with Crippen LogP contribution in [0.4, 0.5) is 11.4 Å². The maximum atomic E-state index is 9.02. The lowest BCUT2D eigenvalue weighted by atomic mass is 10.2. The molecule has 0 saturated heterocycles. The molecule has 15 heavy (non-hydrogen) atoms. The number of hydrogen-bond donors (Lipinski definition) is 2. The molecule has 0 radical (unpaired) electrons. The Balaban J connectivity index is 2.28.